The minimum absolute atomic E-state index is 0.219. The Bertz CT molecular complexity index is 789. The topological polar surface area (TPSA) is 48.7 Å². The minimum atomic E-state index is -0.246. The quantitative estimate of drug-likeness (QED) is 0.643. The average Bonchev–Trinajstić information content (AvgIpc) is 3.02. The maximum absolute atomic E-state index is 11.7. The van der Waals surface area contributed by atoms with Crippen LogP contribution < -0.4 is 4.74 Å². The number of furan rings is 1. The van der Waals surface area contributed by atoms with Gasteiger partial charge >= 0.3 is 5.97 Å². The Hall–Kier alpha value is -2.75. The van der Waals surface area contributed by atoms with Crippen LogP contribution in [-0.4, -0.2) is 12.6 Å². The smallest absolute Gasteiger partial charge is 0.310 e. The highest BCUT2D eigenvalue weighted by Crippen LogP contribution is 2.29. The predicted octanol–water partition coefficient (Wildman–Crippen LogP) is 4.12. The summed E-state index contributed by atoms with van der Waals surface area (Å²) in [6.45, 7) is 2.62. The fourth-order valence-corrected chi connectivity index (χ4v) is 2.43. The monoisotopic (exact) mass is 310 g/mol. The van der Waals surface area contributed by atoms with E-state index in [1.165, 1.54) is 0 Å². The van der Waals surface area contributed by atoms with Crippen LogP contribution in [0.3, 0.4) is 0 Å². The second-order valence-corrected chi connectivity index (χ2v) is 5.19. The molecule has 0 bridgehead atoms. The molecule has 118 valence electrons. The van der Waals surface area contributed by atoms with Gasteiger partial charge in [-0.1, -0.05) is 30.3 Å². The SMILES string of the molecule is CCOC(=O)Cc1cc(OCc2ccccc2)c2occc2c1. The van der Waals surface area contributed by atoms with E-state index in [4.69, 9.17) is 13.9 Å². The van der Waals surface area contributed by atoms with Crippen molar-refractivity contribution < 1.29 is 18.7 Å². The number of rotatable bonds is 6. The highest BCUT2D eigenvalue weighted by molar-refractivity contribution is 5.85. The van der Waals surface area contributed by atoms with E-state index in [0.29, 0.717) is 24.5 Å². The van der Waals surface area contributed by atoms with Crippen molar-refractivity contribution in [1.29, 1.82) is 0 Å². The molecule has 0 atom stereocenters. The minimum Gasteiger partial charge on any atom is -0.485 e. The summed E-state index contributed by atoms with van der Waals surface area (Å²) in [5.41, 5.74) is 2.61. The first-order valence-electron chi connectivity index (χ1n) is 7.58. The molecule has 0 radical (unpaired) electrons. The zero-order valence-electron chi connectivity index (χ0n) is 13.0. The molecule has 2 aromatic carbocycles. The average molecular weight is 310 g/mol. The van der Waals surface area contributed by atoms with Crippen molar-refractivity contribution >= 4 is 16.9 Å². The molecule has 0 saturated carbocycles. The molecule has 0 aliphatic rings. The summed E-state index contributed by atoms with van der Waals surface area (Å²) >= 11 is 0. The van der Waals surface area contributed by atoms with E-state index < -0.39 is 0 Å². The lowest BCUT2D eigenvalue weighted by atomic mass is 10.1. The van der Waals surface area contributed by atoms with Gasteiger partial charge in [-0.05, 0) is 36.2 Å². The van der Waals surface area contributed by atoms with Crippen molar-refractivity contribution in [2.45, 2.75) is 20.0 Å². The summed E-state index contributed by atoms with van der Waals surface area (Å²) in [5, 5.41) is 0.912. The Morgan fingerprint density at radius 3 is 2.70 bits per heavy atom. The molecule has 23 heavy (non-hydrogen) atoms. The van der Waals surface area contributed by atoms with Gasteiger partial charge in [0.15, 0.2) is 11.3 Å². The molecule has 0 spiro atoms. The van der Waals surface area contributed by atoms with Gasteiger partial charge in [-0.3, -0.25) is 4.79 Å². The second kappa shape index (κ2) is 7.01. The van der Waals surface area contributed by atoms with Crippen LogP contribution in [0, 0.1) is 0 Å². The van der Waals surface area contributed by atoms with Crippen molar-refractivity contribution in [3.8, 4) is 5.75 Å². The lowest BCUT2D eigenvalue weighted by Crippen LogP contribution is -2.07. The molecule has 0 aliphatic heterocycles. The fourth-order valence-electron chi connectivity index (χ4n) is 2.43. The molecule has 0 aliphatic carbocycles. The summed E-state index contributed by atoms with van der Waals surface area (Å²) < 4.78 is 16.4. The number of esters is 1. The normalized spacial score (nSPS) is 10.7. The van der Waals surface area contributed by atoms with Crippen LogP contribution in [0.2, 0.25) is 0 Å². The second-order valence-electron chi connectivity index (χ2n) is 5.19. The van der Waals surface area contributed by atoms with E-state index in [1.54, 1.807) is 13.2 Å². The third-order valence-corrected chi connectivity index (χ3v) is 3.47. The predicted molar refractivity (Wildman–Crippen MR) is 87.3 cm³/mol. The standard InChI is InChI=1S/C19H18O4/c1-2-21-18(20)12-15-10-16-8-9-22-19(16)17(11-15)23-13-14-6-4-3-5-7-14/h3-11H,2,12-13H2,1H3. The summed E-state index contributed by atoms with van der Waals surface area (Å²) in [7, 11) is 0. The van der Waals surface area contributed by atoms with Crippen LogP contribution in [0.4, 0.5) is 0 Å². The molecule has 1 aromatic heterocycles. The fraction of sp³-hybridized carbons (Fsp3) is 0.211. The van der Waals surface area contributed by atoms with Crippen LogP contribution in [0.15, 0.2) is 59.2 Å². The number of carbonyl (C=O) groups excluding carboxylic acids is 1. The maximum Gasteiger partial charge on any atom is 0.310 e. The largest absolute Gasteiger partial charge is 0.485 e. The Balaban J connectivity index is 1.83. The first kappa shape index (κ1) is 15.2. The van der Waals surface area contributed by atoms with Gasteiger partial charge in [0.05, 0.1) is 19.3 Å². The zero-order chi connectivity index (χ0) is 16.1. The highest BCUT2D eigenvalue weighted by Gasteiger charge is 2.12. The number of hydrogen-bond acceptors (Lipinski definition) is 4. The summed E-state index contributed by atoms with van der Waals surface area (Å²) in [6.07, 6.45) is 1.84. The first-order chi connectivity index (χ1) is 11.3. The third kappa shape index (κ3) is 3.72. The number of hydrogen-bond donors (Lipinski definition) is 0. The van der Waals surface area contributed by atoms with Crippen molar-refractivity contribution in [1.82, 2.24) is 0 Å². The number of ether oxygens (including phenoxy) is 2. The van der Waals surface area contributed by atoms with E-state index in [1.807, 2.05) is 48.5 Å². The van der Waals surface area contributed by atoms with Gasteiger partial charge in [-0.15, -0.1) is 0 Å². The molecule has 0 saturated heterocycles. The maximum atomic E-state index is 11.7. The summed E-state index contributed by atoms with van der Waals surface area (Å²) in [5.74, 6) is 0.389. The van der Waals surface area contributed by atoms with Crippen LogP contribution in [0.1, 0.15) is 18.1 Å². The Morgan fingerprint density at radius 1 is 1.09 bits per heavy atom. The summed E-state index contributed by atoms with van der Waals surface area (Å²) in [4.78, 5) is 11.7. The molecule has 3 aromatic rings. The Labute approximate surface area is 134 Å². The van der Waals surface area contributed by atoms with Gasteiger partial charge in [0, 0.05) is 5.39 Å². The molecule has 0 amide bonds. The van der Waals surface area contributed by atoms with E-state index in [9.17, 15) is 4.79 Å². The number of benzene rings is 2. The van der Waals surface area contributed by atoms with E-state index in [2.05, 4.69) is 0 Å². The molecule has 3 rings (SSSR count). The van der Waals surface area contributed by atoms with Crippen molar-refractivity contribution in [2.75, 3.05) is 6.61 Å². The van der Waals surface area contributed by atoms with Gasteiger partial charge in [0.25, 0.3) is 0 Å². The van der Waals surface area contributed by atoms with E-state index in [-0.39, 0.29) is 12.4 Å². The van der Waals surface area contributed by atoms with Crippen molar-refractivity contribution in [2.24, 2.45) is 0 Å². The molecule has 1 heterocycles. The first-order valence-corrected chi connectivity index (χ1v) is 7.58. The Kier molecular flexibility index (Phi) is 4.62. The van der Waals surface area contributed by atoms with Crippen LogP contribution in [0.25, 0.3) is 11.0 Å². The van der Waals surface area contributed by atoms with Crippen molar-refractivity contribution in [3.05, 3.63) is 65.9 Å². The van der Waals surface area contributed by atoms with Gasteiger partial charge in [0.1, 0.15) is 6.61 Å². The molecule has 0 fully saturated rings. The van der Waals surface area contributed by atoms with Gasteiger partial charge in [-0.25, -0.2) is 0 Å². The van der Waals surface area contributed by atoms with Crippen LogP contribution >= 0.6 is 0 Å². The Morgan fingerprint density at radius 2 is 1.91 bits per heavy atom. The van der Waals surface area contributed by atoms with Crippen LogP contribution in [0.5, 0.6) is 5.75 Å². The lowest BCUT2D eigenvalue weighted by Gasteiger charge is -2.09. The van der Waals surface area contributed by atoms with Gasteiger partial charge in [-0.2, -0.15) is 0 Å². The summed E-state index contributed by atoms with van der Waals surface area (Å²) in [6, 6.07) is 15.5. The molecule has 4 heteroatoms. The van der Waals surface area contributed by atoms with Gasteiger partial charge < -0.3 is 13.9 Å². The van der Waals surface area contributed by atoms with Crippen molar-refractivity contribution in [3.63, 3.8) is 0 Å². The zero-order valence-corrected chi connectivity index (χ0v) is 13.0. The van der Waals surface area contributed by atoms with E-state index >= 15 is 0 Å². The highest BCUT2D eigenvalue weighted by atomic mass is 16.5. The molecular formula is C19H18O4. The number of carbonyl (C=O) groups is 1. The lowest BCUT2D eigenvalue weighted by molar-refractivity contribution is -0.142. The van der Waals surface area contributed by atoms with Crippen LogP contribution in [-0.2, 0) is 22.6 Å². The number of fused-ring (bicyclic) bond motifs is 1. The third-order valence-electron chi connectivity index (χ3n) is 3.47. The molecule has 4 nitrogen and oxygen atoms in total. The molecule has 0 unspecified atom stereocenters. The molecule has 0 N–H and O–H groups in total. The molecular weight excluding hydrogens is 292 g/mol. The van der Waals surface area contributed by atoms with Gasteiger partial charge in [0.2, 0.25) is 0 Å². The van der Waals surface area contributed by atoms with E-state index in [0.717, 1.165) is 16.5 Å².